The second kappa shape index (κ2) is 7.49. The second-order valence-corrected chi connectivity index (χ2v) is 11.4. The molecular formula is C24H40O5. The molecule has 5 nitrogen and oxygen atoms in total. The molecule has 0 aromatic heterocycles. The van der Waals surface area contributed by atoms with Gasteiger partial charge in [0.1, 0.15) is 0 Å². The average Bonchev–Trinajstić information content (AvgIpc) is 3.01. The van der Waals surface area contributed by atoms with Gasteiger partial charge in [-0.25, -0.2) is 0 Å². The fourth-order valence-corrected chi connectivity index (χ4v) is 8.68. The van der Waals surface area contributed by atoms with Crippen molar-refractivity contribution < 1.29 is 25.2 Å². The second-order valence-electron chi connectivity index (χ2n) is 11.4. The van der Waals surface area contributed by atoms with Crippen LogP contribution in [0.15, 0.2) is 0 Å². The van der Waals surface area contributed by atoms with Crippen LogP contribution in [0, 0.1) is 46.3 Å². The molecule has 0 aliphatic heterocycles. The van der Waals surface area contributed by atoms with E-state index in [-0.39, 0.29) is 41.3 Å². The number of aliphatic hydroxyl groups is 3. The molecule has 29 heavy (non-hydrogen) atoms. The standard InChI is InChI=1S/C24H40O5/c1-13(4-7-21(28)29)16-5-6-17-22-18(12-20(27)24(16,17)3)23(2)9-8-15(25)10-14(23)11-19(22)26/h13-20,22,25-27H,4-12H2,1-3H3,(H,28,29)/t13-,14+,15-,16?,17+,18+,19+,20+,22+,23+,24-/m1/s1. The topological polar surface area (TPSA) is 98.0 Å². The highest BCUT2D eigenvalue weighted by Gasteiger charge is 2.65. The minimum absolute atomic E-state index is 0.0957. The highest BCUT2D eigenvalue weighted by Crippen LogP contribution is 2.68. The van der Waals surface area contributed by atoms with Crippen LogP contribution in [0.5, 0.6) is 0 Å². The Morgan fingerprint density at radius 1 is 1.03 bits per heavy atom. The molecule has 0 spiro atoms. The summed E-state index contributed by atoms with van der Waals surface area (Å²) in [6, 6.07) is 0. The third-order valence-corrected chi connectivity index (χ3v) is 10.3. The molecule has 166 valence electrons. The molecular weight excluding hydrogens is 368 g/mol. The van der Waals surface area contributed by atoms with Crippen molar-refractivity contribution >= 4 is 5.97 Å². The summed E-state index contributed by atoms with van der Waals surface area (Å²) in [7, 11) is 0. The van der Waals surface area contributed by atoms with Crippen molar-refractivity contribution in [1.29, 1.82) is 0 Å². The average molecular weight is 409 g/mol. The maximum Gasteiger partial charge on any atom is 0.303 e. The lowest BCUT2D eigenvalue weighted by atomic mass is 9.43. The summed E-state index contributed by atoms with van der Waals surface area (Å²) < 4.78 is 0. The monoisotopic (exact) mass is 408 g/mol. The smallest absolute Gasteiger partial charge is 0.303 e. The number of carboxylic acid groups (broad SMARTS) is 1. The largest absolute Gasteiger partial charge is 0.481 e. The van der Waals surface area contributed by atoms with Gasteiger partial charge in [0.15, 0.2) is 0 Å². The molecule has 4 N–H and O–H groups in total. The Labute approximate surface area is 174 Å². The molecule has 0 aromatic carbocycles. The lowest BCUT2D eigenvalue weighted by Crippen LogP contribution is -2.62. The van der Waals surface area contributed by atoms with Gasteiger partial charge in [0.2, 0.25) is 0 Å². The number of carboxylic acids is 1. The van der Waals surface area contributed by atoms with Gasteiger partial charge in [0, 0.05) is 6.42 Å². The van der Waals surface area contributed by atoms with Crippen LogP contribution in [0.2, 0.25) is 0 Å². The number of aliphatic hydroxyl groups excluding tert-OH is 3. The molecule has 4 rings (SSSR count). The molecule has 4 aliphatic carbocycles. The van der Waals surface area contributed by atoms with Crippen molar-refractivity contribution in [3.63, 3.8) is 0 Å². The first-order valence-corrected chi connectivity index (χ1v) is 11.8. The first-order valence-electron chi connectivity index (χ1n) is 11.8. The highest BCUT2D eigenvalue weighted by atomic mass is 16.4. The van der Waals surface area contributed by atoms with E-state index in [0.29, 0.717) is 30.1 Å². The fourth-order valence-electron chi connectivity index (χ4n) is 8.68. The number of rotatable bonds is 4. The van der Waals surface area contributed by atoms with Crippen molar-refractivity contribution in [2.24, 2.45) is 46.3 Å². The van der Waals surface area contributed by atoms with E-state index in [4.69, 9.17) is 5.11 Å². The fraction of sp³-hybridized carbons (Fsp3) is 0.958. The van der Waals surface area contributed by atoms with Crippen molar-refractivity contribution in [3.05, 3.63) is 0 Å². The van der Waals surface area contributed by atoms with E-state index >= 15 is 0 Å². The van der Waals surface area contributed by atoms with Crippen LogP contribution in [-0.2, 0) is 4.79 Å². The lowest BCUT2D eigenvalue weighted by molar-refractivity contribution is -0.207. The number of hydrogen-bond acceptors (Lipinski definition) is 4. The van der Waals surface area contributed by atoms with E-state index in [0.717, 1.165) is 44.9 Å². The van der Waals surface area contributed by atoms with Crippen molar-refractivity contribution in [2.75, 3.05) is 0 Å². The van der Waals surface area contributed by atoms with Crippen LogP contribution in [0.25, 0.3) is 0 Å². The Morgan fingerprint density at radius 3 is 2.45 bits per heavy atom. The van der Waals surface area contributed by atoms with Gasteiger partial charge >= 0.3 is 5.97 Å². The van der Waals surface area contributed by atoms with Crippen molar-refractivity contribution in [3.8, 4) is 0 Å². The van der Waals surface area contributed by atoms with Crippen LogP contribution in [0.1, 0.15) is 78.6 Å². The Morgan fingerprint density at radius 2 is 1.76 bits per heavy atom. The van der Waals surface area contributed by atoms with Crippen LogP contribution >= 0.6 is 0 Å². The van der Waals surface area contributed by atoms with Gasteiger partial charge in [-0.1, -0.05) is 20.8 Å². The predicted molar refractivity (Wildman–Crippen MR) is 110 cm³/mol. The van der Waals surface area contributed by atoms with E-state index in [1.807, 2.05) is 0 Å². The van der Waals surface area contributed by atoms with Gasteiger partial charge in [0.25, 0.3) is 0 Å². The quantitative estimate of drug-likeness (QED) is 0.571. The third-order valence-electron chi connectivity index (χ3n) is 10.3. The summed E-state index contributed by atoms with van der Waals surface area (Å²) in [5, 5.41) is 42.0. The van der Waals surface area contributed by atoms with Crippen molar-refractivity contribution in [1.82, 2.24) is 0 Å². The van der Waals surface area contributed by atoms with Gasteiger partial charge < -0.3 is 20.4 Å². The maximum absolute atomic E-state index is 11.5. The van der Waals surface area contributed by atoms with Gasteiger partial charge in [-0.2, -0.15) is 0 Å². The minimum atomic E-state index is -0.748. The molecule has 1 unspecified atom stereocenters. The van der Waals surface area contributed by atoms with Crippen LogP contribution in [-0.4, -0.2) is 44.7 Å². The van der Waals surface area contributed by atoms with E-state index in [1.54, 1.807) is 0 Å². The number of hydrogen-bond donors (Lipinski definition) is 4. The van der Waals surface area contributed by atoms with Gasteiger partial charge in [-0.05, 0) is 97.7 Å². The molecule has 0 heterocycles. The Balaban J connectivity index is 1.61. The highest BCUT2D eigenvalue weighted by molar-refractivity contribution is 5.66. The SMILES string of the molecule is C[C@H](CCC(=O)O)C1CC[C@H]2[C@@H]3[C@@H](O)C[C@@H]4C[C@H](O)CC[C@]4(C)[C@H]3C[C@H](O)[C@]12C. The first-order chi connectivity index (χ1) is 13.6. The van der Waals surface area contributed by atoms with E-state index in [9.17, 15) is 20.1 Å². The zero-order chi connectivity index (χ0) is 21.1. The number of carbonyl (C=O) groups is 1. The Kier molecular flexibility index (Phi) is 5.57. The molecule has 4 fully saturated rings. The summed E-state index contributed by atoms with van der Waals surface area (Å²) in [5.41, 5.74) is -0.143. The molecule has 4 saturated carbocycles. The van der Waals surface area contributed by atoms with E-state index < -0.39 is 12.1 Å². The van der Waals surface area contributed by atoms with Crippen LogP contribution in [0.4, 0.5) is 0 Å². The number of aliphatic carboxylic acids is 1. The molecule has 0 bridgehead atoms. The van der Waals surface area contributed by atoms with Gasteiger partial charge in [0.05, 0.1) is 18.3 Å². The molecule has 0 amide bonds. The van der Waals surface area contributed by atoms with E-state index in [2.05, 4.69) is 20.8 Å². The van der Waals surface area contributed by atoms with Gasteiger partial charge in [-0.3, -0.25) is 4.79 Å². The van der Waals surface area contributed by atoms with Gasteiger partial charge in [-0.15, -0.1) is 0 Å². The summed E-state index contributed by atoms with van der Waals surface area (Å²) >= 11 is 0. The molecule has 11 atom stereocenters. The molecule has 5 heteroatoms. The third kappa shape index (κ3) is 3.27. The lowest BCUT2D eigenvalue weighted by Gasteiger charge is -2.63. The van der Waals surface area contributed by atoms with Crippen LogP contribution < -0.4 is 0 Å². The normalized spacial score (nSPS) is 52.9. The van der Waals surface area contributed by atoms with Crippen LogP contribution in [0.3, 0.4) is 0 Å². The Bertz CT molecular complexity index is 637. The van der Waals surface area contributed by atoms with E-state index in [1.165, 1.54) is 0 Å². The minimum Gasteiger partial charge on any atom is -0.481 e. The van der Waals surface area contributed by atoms with Crippen molar-refractivity contribution in [2.45, 2.75) is 96.9 Å². The molecule has 0 saturated heterocycles. The first kappa shape index (κ1) is 21.6. The maximum atomic E-state index is 11.5. The summed E-state index contributed by atoms with van der Waals surface area (Å²) in [4.78, 5) is 11.1. The zero-order valence-corrected chi connectivity index (χ0v) is 18.3. The number of fused-ring (bicyclic) bond motifs is 5. The predicted octanol–water partition coefficient (Wildman–Crippen LogP) is 3.45. The summed E-state index contributed by atoms with van der Waals surface area (Å²) in [6.45, 7) is 6.72. The molecule has 0 radical (unpaired) electrons. The Hall–Kier alpha value is -0.650. The zero-order valence-electron chi connectivity index (χ0n) is 18.3. The molecule has 0 aromatic rings. The summed E-state index contributed by atoms with van der Waals surface area (Å²) in [5.74, 6) is 0.997. The summed E-state index contributed by atoms with van der Waals surface area (Å²) in [6.07, 6.45) is 6.00. The molecule has 4 aliphatic rings.